The van der Waals surface area contributed by atoms with Gasteiger partial charge in [-0.15, -0.1) is 11.8 Å². The van der Waals surface area contributed by atoms with Gasteiger partial charge in [-0.05, 0) is 35.0 Å². The van der Waals surface area contributed by atoms with Gasteiger partial charge in [-0.2, -0.15) is 5.06 Å². The van der Waals surface area contributed by atoms with Crippen molar-refractivity contribution in [1.29, 1.82) is 0 Å². The molecule has 0 unspecified atom stereocenters. The number of hydroxylamine groups is 2. The number of carbonyl (C=O) groups is 2. The Labute approximate surface area is 162 Å². The molecule has 0 spiro atoms. The number of hydrogen-bond donors (Lipinski definition) is 1. The second-order valence-electron chi connectivity index (χ2n) is 5.85. The summed E-state index contributed by atoms with van der Waals surface area (Å²) in [6.07, 6.45) is -0.688. The topological polar surface area (TPSA) is 58.6 Å². The predicted molar refractivity (Wildman–Crippen MR) is 109 cm³/mol. The van der Waals surface area contributed by atoms with E-state index in [4.69, 9.17) is 4.84 Å². The van der Waals surface area contributed by atoms with Crippen LogP contribution in [0, 0.1) is 0 Å². The number of anilines is 1. The average Bonchev–Trinajstić information content (AvgIpc) is 2.67. The van der Waals surface area contributed by atoms with Crippen LogP contribution < -0.4 is 5.32 Å². The molecule has 0 aliphatic heterocycles. The number of para-hydroxylation sites is 1. The van der Waals surface area contributed by atoms with Crippen LogP contribution in [0.5, 0.6) is 0 Å². The maximum absolute atomic E-state index is 12.0. The first-order valence-electron chi connectivity index (χ1n) is 8.55. The van der Waals surface area contributed by atoms with Crippen LogP contribution in [0.15, 0.2) is 77.7 Å². The van der Waals surface area contributed by atoms with Gasteiger partial charge in [-0.3, -0.25) is 10.1 Å². The van der Waals surface area contributed by atoms with E-state index in [9.17, 15) is 9.59 Å². The van der Waals surface area contributed by atoms with Crippen LogP contribution in [-0.4, -0.2) is 29.4 Å². The van der Waals surface area contributed by atoms with Crippen molar-refractivity contribution in [1.82, 2.24) is 5.06 Å². The van der Waals surface area contributed by atoms with Crippen LogP contribution in [0.2, 0.25) is 0 Å². The van der Waals surface area contributed by atoms with Gasteiger partial charge in [0.1, 0.15) is 0 Å². The van der Waals surface area contributed by atoms with E-state index >= 15 is 0 Å². The fraction of sp³-hybridized carbons (Fsp3) is 0.143. The normalized spacial score (nSPS) is 10.4. The Morgan fingerprint density at radius 2 is 1.67 bits per heavy atom. The van der Waals surface area contributed by atoms with Gasteiger partial charge < -0.3 is 4.84 Å². The first kappa shape index (κ1) is 18.8. The van der Waals surface area contributed by atoms with E-state index in [1.54, 1.807) is 36.0 Å². The largest absolute Gasteiger partial charge is 0.436 e. The van der Waals surface area contributed by atoms with Crippen LogP contribution in [0.4, 0.5) is 10.5 Å². The minimum Gasteiger partial charge on any atom is -0.319 e. The fourth-order valence-electron chi connectivity index (χ4n) is 2.53. The van der Waals surface area contributed by atoms with Crippen molar-refractivity contribution >= 4 is 40.2 Å². The lowest BCUT2D eigenvalue weighted by molar-refractivity contribution is -0.160. The zero-order valence-corrected chi connectivity index (χ0v) is 15.7. The molecule has 27 heavy (non-hydrogen) atoms. The smallest absolute Gasteiger partial charge is 0.319 e. The summed E-state index contributed by atoms with van der Waals surface area (Å²) < 4.78 is 0. The van der Waals surface area contributed by atoms with Gasteiger partial charge >= 0.3 is 6.09 Å². The molecule has 0 fully saturated rings. The molecule has 0 bridgehead atoms. The molecule has 0 aromatic heterocycles. The quantitative estimate of drug-likeness (QED) is 0.503. The molecule has 0 saturated heterocycles. The molecule has 0 aliphatic rings. The van der Waals surface area contributed by atoms with Crippen molar-refractivity contribution in [3.8, 4) is 0 Å². The van der Waals surface area contributed by atoms with Crippen LogP contribution in [0.25, 0.3) is 10.8 Å². The third kappa shape index (κ3) is 5.49. The molecule has 3 rings (SSSR count). The molecule has 2 amide bonds. The van der Waals surface area contributed by atoms with Crippen LogP contribution in [0.3, 0.4) is 0 Å². The zero-order chi connectivity index (χ0) is 19.1. The summed E-state index contributed by atoms with van der Waals surface area (Å²) in [5, 5.41) is 6.03. The van der Waals surface area contributed by atoms with E-state index in [-0.39, 0.29) is 5.91 Å². The van der Waals surface area contributed by atoms with Gasteiger partial charge in [0.25, 0.3) is 5.91 Å². The molecule has 0 radical (unpaired) electrons. The number of carbonyl (C=O) groups excluding carboxylic acids is 2. The highest BCUT2D eigenvalue weighted by atomic mass is 32.2. The van der Waals surface area contributed by atoms with Crippen molar-refractivity contribution < 1.29 is 14.4 Å². The van der Waals surface area contributed by atoms with Crippen LogP contribution in [-0.2, 0) is 9.63 Å². The number of benzene rings is 3. The molecular formula is C21H20N2O3S. The number of hydrogen-bond acceptors (Lipinski definition) is 4. The summed E-state index contributed by atoms with van der Waals surface area (Å²) in [5.74, 6) is 0.286. The average molecular weight is 380 g/mol. The predicted octanol–water partition coefficient (Wildman–Crippen LogP) is 4.94. The molecule has 138 valence electrons. The lowest BCUT2D eigenvalue weighted by atomic mass is 10.1. The van der Waals surface area contributed by atoms with Crippen molar-refractivity contribution in [3.05, 3.63) is 72.8 Å². The molecule has 5 nitrogen and oxygen atoms in total. The van der Waals surface area contributed by atoms with E-state index in [1.165, 1.54) is 17.7 Å². The van der Waals surface area contributed by atoms with Gasteiger partial charge in [-0.25, -0.2) is 4.79 Å². The fourth-order valence-corrected chi connectivity index (χ4v) is 3.40. The number of nitrogens with one attached hydrogen (secondary N) is 1. The Hall–Kier alpha value is -2.99. The maximum atomic E-state index is 12.0. The first-order valence-corrected chi connectivity index (χ1v) is 9.54. The van der Waals surface area contributed by atoms with Gasteiger partial charge in [0, 0.05) is 23.3 Å². The van der Waals surface area contributed by atoms with E-state index in [0.29, 0.717) is 18.0 Å². The van der Waals surface area contributed by atoms with Gasteiger partial charge in [0.05, 0.1) is 6.54 Å². The van der Waals surface area contributed by atoms with Gasteiger partial charge in [0.15, 0.2) is 0 Å². The number of rotatable bonds is 5. The summed E-state index contributed by atoms with van der Waals surface area (Å²) in [5.41, 5.74) is 0.608. The number of amides is 2. The Kier molecular flexibility index (Phi) is 6.33. The Bertz CT molecular complexity index is 931. The summed E-state index contributed by atoms with van der Waals surface area (Å²) >= 11 is 1.61. The van der Waals surface area contributed by atoms with Gasteiger partial charge in [0.2, 0.25) is 0 Å². The monoisotopic (exact) mass is 380 g/mol. The van der Waals surface area contributed by atoms with E-state index < -0.39 is 6.09 Å². The lowest BCUT2D eigenvalue weighted by Gasteiger charge is -2.19. The first-order chi connectivity index (χ1) is 13.1. The third-order valence-electron chi connectivity index (χ3n) is 3.85. The van der Waals surface area contributed by atoms with E-state index in [2.05, 4.69) is 29.6 Å². The molecule has 0 atom stereocenters. The molecule has 3 aromatic carbocycles. The molecule has 1 N–H and O–H groups in total. The number of nitrogens with zero attached hydrogens (tertiary/aromatic N) is 1. The van der Waals surface area contributed by atoms with E-state index in [1.807, 2.05) is 24.3 Å². The van der Waals surface area contributed by atoms with Crippen LogP contribution in [0.1, 0.15) is 6.92 Å². The van der Waals surface area contributed by atoms with Crippen molar-refractivity contribution in [3.63, 3.8) is 0 Å². The summed E-state index contributed by atoms with van der Waals surface area (Å²) in [4.78, 5) is 30.0. The molecule has 6 heteroatoms. The van der Waals surface area contributed by atoms with Crippen LogP contribution >= 0.6 is 11.8 Å². The second kappa shape index (κ2) is 9.09. The highest BCUT2D eigenvalue weighted by Crippen LogP contribution is 2.23. The SMILES string of the molecule is CC(=O)N(CCSc1ccc2ccccc2c1)OC(=O)Nc1ccccc1. The standard InChI is InChI=1S/C21H20N2O3S/c1-16(24)23(26-21(25)22-19-9-3-2-4-10-19)13-14-27-20-12-11-17-7-5-6-8-18(17)15-20/h2-12,15H,13-14H2,1H3,(H,22,25). The van der Waals surface area contributed by atoms with Crippen molar-refractivity contribution in [2.75, 3.05) is 17.6 Å². The molecule has 0 saturated carbocycles. The summed E-state index contributed by atoms with van der Waals surface area (Å²) in [6.45, 7) is 1.67. The lowest BCUT2D eigenvalue weighted by Crippen LogP contribution is -2.35. The number of fused-ring (bicyclic) bond motifs is 1. The molecule has 0 heterocycles. The number of thioether (sulfide) groups is 1. The maximum Gasteiger partial charge on any atom is 0.436 e. The molecule has 3 aromatic rings. The highest BCUT2D eigenvalue weighted by molar-refractivity contribution is 7.99. The summed E-state index contributed by atoms with van der Waals surface area (Å²) in [6, 6.07) is 23.3. The Balaban J connectivity index is 1.53. The van der Waals surface area contributed by atoms with Gasteiger partial charge in [-0.1, -0.05) is 48.5 Å². The molecular weight excluding hydrogens is 360 g/mol. The van der Waals surface area contributed by atoms with Crippen molar-refractivity contribution in [2.45, 2.75) is 11.8 Å². The zero-order valence-electron chi connectivity index (χ0n) is 14.9. The molecule has 0 aliphatic carbocycles. The van der Waals surface area contributed by atoms with E-state index in [0.717, 1.165) is 9.96 Å². The van der Waals surface area contributed by atoms with Crippen molar-refractivity contribution in [2.24, 2.45) is 0 Å². The minimum absolute atomic E-state index is 0.301. The second-order valence-corrected chi connectivity index (χ2v) is 7.02. The Morgan fingerprint density at radius 3 is 2.41 bits per heavy atom. The third-order valence-corrected chi connectivity index (χ3v) is 4.82. The highest BCUT2D eigenvalue weighted by Gasteiger charge is 2.15. The summed E-state index contributed by atoms with van der Waals surface area (Å²) in [7, 11) is 0. The minimum atomic E-state index is -0.688. The Morgan fingerprint density at radius 1 is 0.963 bits per heavy atom.